The fourth-order valence-electron chi connectivity index (χ4n) is 3.01. The second kappa shape index (κ2) is 6.55. The summed E-state index contributed by atoms with van der Waals surface area (Å²) in [4.78, 5) is 20.7. The van der Waals surface area contributed by atoms with Crippen molar-refractivity contribution in [3.63, 3.8) is 0 Å². The molecule has 0 spiro atoms. The van der Waals surface area contributed by atoms with E-state index in [1.807, 2.05) is 49.9 Å². The zero-order chi connectivity index (χ0) is 17.3. The molecule has 0 aromatic carbocycles. The average molecular weight is 329 g/mol. The van der Waals surface area contributed by atoms with Gasteiger partial charge in [-0.2, -0.15) is 0 Å². The lowest BCUT2D eigenvalue weighted by Crippen LogP contribution is -2.31. The highest BCUT2D eigenvalue weighted by molar-refractivity contribution is 5.95. The Kier molecular flexibility index (Phi) is 4.46. The molecule has 24 heavy (non-hydrogen) atoms. The molecule has 1 saturated heterocycles. The molecule has 0 radical (unpaired) electrons. The van der Waals surface area contributed by atoms with E-state index in [9.17, 15) is 4.79 Å². The minimum absolute atomic E-state index is 0.00877. The van der Waals surface area contributed by atoms with Crippen LogP contribution in [0.2, 0.25) is 0 Å². The number of carbonyl (C=O) groups excluding carboxylic acids is 1. The third kappa shape index (κ3) is 3.22. The van der Waals surface area contributed by atoms with Crippen LogP contribution in [0.4, 0.5) is 5.82 Å². The quantitative estimate of drug-likeness (QED) is 0.863. The van der Waals surface area contributed by atoms with E-state index in [0.29, 0.717) is 24.4 Å². The van der Waals surface area contributed by atoms with E-state index in [0.717, 1.165) is 23.7 Å². The molecule has 6 heteroatoms. The first-order chi connectivity index (χ1) is 11.5. The number of nitrogens with zero attached hydrogens (tertiary/aromatic N) is 3. The molecule has 1 atom stereocenters. The number of hydrogen-bond acceptors (Lipinski definition) is 5. The number of ether oxygens (including phenoxy) is 1. The summed E-state index contributed by atoms with van der Waals surface area (Å²) in [6.45, 7) is 4.93. The maximum absolute atomic E-state index is 12.6. The number of hydrogen-bond donors (Lipinski definition) is 0. The largest absolute Gasteiger partial charge is 0.485 e. The zero-order valence-corrected chi connectivity index (χ0v) is 14.6. The summed E-state index contributed by atoms with van der Waals surface area (Å²) in [5.74, 6) is 2.98. The first-order valence-corrected chi connectivity index (χ1v) is 8.11. The number of likely N-dealkylation sites (tertiary alicyclic amines) is 1. The lowest BCUT2D eigenvalue weighted by atomic mass is 10.2. The summed E-state index contributed by atoms with van der Waals surface area (Å²) < 4.78 is 11.6. The Balaban J connectivity index is 1.68. The monoisotopic (exact) mass is 329 g/mol. The Morgan fingerprint density at radius 1 is 1.42 bits per heavy atom. The number of aromatic nitrogens is 1. The van der Waals surface area contributed by atoms with E-state index in [4.69, 9.17) is 9.15 Å². The second-order valence-corrected chi connectivity index (χ2v) is 6.33. The van der Waals surface area contributed by atoms with Crippen molar-refractivity contribution < 1.29 is 13.9 Å². The smallest absolute Gasteiger partial charge is 0.257 e. The number of furan rings is 1. The summed E-state index contributed by atoms with van der Waals surface area (Å²) in [5.41, 5.74) is 0.642. The number of anilines is 1. The number of aryl methyl sites for hydroxylation is 2. The second-order valence-electron chi connectivity index (χ2n) is 6.33. The molecule has 1 aliphatic heterocycles. The molecule has 2 aromatic rings. The van der Waals surface area contributed by atoms with Crippen LogP contribution in [0.5, 0.6) is 5.75 Å². The molecule has 0 saturated carbocycles. The van der Waals surface area contributed by atoms with Gasteiger partial charge in [0.25, 0.3) is 5.91 Å². The molecule has 1 amide bonds. The van der Waals surface area contributed by atoms with Crippen molar-refractivity contribution in [2.24, 2.45) is 0 Å². The van der Waals surface area contributed by atoms with E-state index in [1.54, 1.807) is 12.3 Å². The molecule has 0 bridgehead atoms. The molecule has 1 aliphatic rings. The predicted molar refractivity (Wildman–Crippen MR) is 91.7 cm³/mol. The SMILES string of the molecule is Cc1cc(C(=O)N2CC[C@H](Oc3cccnc3N(C)C)C2)c(C)o1. The van der Waals surface area contributed by atoms with Crippen molar-refractivity contribution in [1.29, 1.82) is 0 Å². The number of amides is 1. The van der Waals surface area contributed by atoms with E-state index >= 15 is 0 Å². The fraction of sp³-hybridized carbons (Fsp3) is 0.444. The van der Waals surface area contributed by atoms with Crippen LogP contribution in [0, 0.1) is 13.8 Å². The van der Waals surface area contributed by atoms with Gasteiger partial charge in [0.05, 0.1) is 12.1 Å². The third-order valence-electron chi connectivity index (χ3n) is 4.17. The summed E-state index contributed by atoms with van der Waals surface area (Å²) in [6.07, 6.45) is 2.53. The highest BCUT2D eigenvalue weighted by Gasteiger charge is 2.30. The van der Waals surface area contributed by atoms with Crippen molar-refractivity contribution >= 4 is 11.7 Å². The van der Waals surface area contributed by atoms with Crippen molar-refractivity contribution in [3.8, 4) is 5.75 Å². The lowest BCUT2D eigenvalue weighted by Gasteiger charge is -2.20. The highest BCUT2D eigenvalue weighted by Crippen LogP contribution is 2.27. The van der Waals surface area contributed by atoms with Crippen LogP contribution in [-0.4, -0.2) is 49.1 Å². The minimum atomic E-state index is -0.0230. The molecule has 0 aliphatic carbocycles. The van der Waals surface area contributed by atoms with E-state index < -0.39 is 0 Å². The molecule has 2 aromatic heterocycles. The average Bonchev–Trinajstić information content (AvgIpc) is 3.13. The molecule has 3 heterocycles. The molecule has 1 fully saturated rings. The lowest BCUT2D eigenvalue weighted by molar-refractivity contribution is 0.0770. The molecule has 0 N–H and O–H groups in total. The number of pyridine rings is 1. The van der Waals surface area contributed by atoms with E-state index in [-0.39, 0.29) is 12.0 Å². The Hall–Kier alpha value is -2.50. The number of carbonyl (C=O) groups is 1. The molecule has 0 unspecified atom stereocenters. The van der Waals surface area contributed by atoms with Gasteiger partial charge in [0.15, 0.2) is 11.6 Å². The van der Waals surface area contributed by atoms with Gasteiger partial charge >= 0.3 is 0 Å². The van der Waals surface area contributed by atoms with Crippen molar-refractivity contribution in [2.45, 2.75) is 26.4 Å². The fourth-order valence-corrected chi connectivity index (χ4v) is 3.01. The van der Waals surface area contributed by atoms with Gasteiger partial charge in [0.2, 0.25) is 0 Å². The normalized spacial score (nSPS) is 17.2. The van der Waals surface area contributed by atoms with Gasteiger partial charge in [-0.3, -0.25) is 4.79 Å². The maximum Gasteiger partial charge on any atom is 0.257 e. The van der Waals surface area contributed by atoms with Crippen LogP contribution in [0.25, 0.3) is 0 Å². The predicted octanol–water partition coefficient (Wildman–Crippen LogP) is 2.65. The first-order valence-electron chi connectivity index (χ1n) is 8.11. The Morgan fingerprint density at radius 3 is 2.88 bits per heavy atom. The van der Waals surface area contributed by atoms with Gasteiger partial charge in [-0.25, -0.2) is 4.98 Å². The molecular formula is C18H23N3O3. The van der Waals surface area contributed by atoms with Crippen LogP contribution < -0.4 is 9.64 Å². The Morgan fingerprint density at radius 2 is 2.21 bits per heavy atom. The summed E-state index contributed by atoms with van der Waals surface area (Å²) in [7, 11) is 3.87. The highest BCUT2D eigenvalue weighted by atomic mass is 16.5. The molecule has 3 rings (SSSR count). The van der Waals surface area contributed by atoms with E-state index in [2.05, 4.69) is 4.98 Å². The van der Waals surface area contributed by atoms with Gasteiger partial charge in [-0.15, -0.1) is 0 Å². The summed E-state index contributed by atoms with van der Waals surface area (Å²) >= 11 is 0. The minimum Gasteiger partial charge on any atom is -0.485 e. The van der Waals surface area contributed by atoms with Gasteiger partial charge in [-0.05, 0) is 32.0 Å². The molecule has 6 nitrogen and oxygen atoms in total. The zero-order valence-electron chi connectivity index (χ0n) is 14.6. The van der Waals surface area contributed by atoms with Gasteiger partial charge < -0.3 is 19.0 Å². The van der Waals surface area contributed by atoms with Crippen LogP contribution >= 0.6 is 0 Å². The standard InChI is InChI=1S/C18H23N3O3/c1-12-10-15(13(2)23-12)18(22)21-9-7-14(11-21)24-16-6-5-8-19-17(16)20(3)4/h5-6,8,10,14H,7,9,11H2,1-4H3/t14-/m0/s1. The van der Waals surface area contributed by atoms with Crippen molar-refractivity contribution in [2.75, 3.05) is 32.1 Å². The van der Waals surface area contributed by atoms with Gasteiger partial charge in [0.1, 0.15) is 17.6 Å². The molecule has 128 valence electrons. The number of rotatable bonds is 4. The Labute approximate surface area is 142 Å². The van der Waals surface area contributed by atoms with Crippen LogP contribution in [-0.2, 0) is 0 Å². The van der Waals surface area contributed by atoms with Crippen LogP contribution in [0.15, 0.2) is 28.8 Å². The van der Waals surface area contributed by atoms with Crippen molar-refractivity contribution in [3.05, 3.63) is 41.5 Å². The van der Waals surface area contributed by atoms with Gasteiger partial charge in [0, 0.05) is 33.3 Å². The third-order valence-corrected chi connectivity index (χ3v) is 4.17. The maximum atomic E-state index is 12.6. The van der Waals surface area contributed by atoms with Crippen LogP contribution in [0.1, 0.15) is 28.3 Å². The molecular weight excluding hydrogens is 306 g/mol. The summed E-state index contributed by atoms with van der Waals surface area (Å²) in [6, 6.07) is 5.57. The van der Waals surface area contributed by atoms with Crippen molar-refractivity contribution in [1.82, 2.24) is 9.88 Å². The topological polar surface area (TPSA) is 58.8 Å². The summed E-state index contributed by atoms with van der Waals surface area (Å²) in [5, 5.41) is 0. The first kappa shape index (κ1) is 16.4. The Bertz CT molecular complexity index is 739. The van der Waals surface area contributed by atoms with Gasteiger partial charge in [-0.1, -0.05) is 0 Å². The van der Waals surface area contributed by atoms with E-state index in [1.165, 1.54) is 0 Å². The van der Waals surface area contributed by atoms with Crippen LogP contribution in [0.3, 0.4) is 0 Å².